The predicted molar refractivity (Wildman–Crippen MR) is 65.5 cm³/mol. The molecule has 1 rings (SSSR count). The standard InChI is InChI=1S/C11H20N4O4/c1-4-17-10(16)9(7-12)14-19-11(15(2)3)8-13-5-6-18-11/h9,13-14H,4-6,8H2,1-3H3. The molecule has 0 aromatic rings. The Balaban J connectivity index is 2.60. The number of likely N-dealkylation sites (N-methyl/N-ethyl adjacent to an activating group) is 1. The molecule has 0 amide bonds. The third-order valence-electron chi connectivity index (χ3n) is 2.62. The van der Waals surface area contributed by atoms with Gasteiger partial charge in [0, 0.05) is 6.54 Å². The van der Waals surface area contributed by atoms with E-state index in [-0.39, 0.29) is 6.61 Å². The minimum Gasteiger partial charge on any atom is -0.464 e. The molecule has 1 aliphatic heterocycles. The molecule has 0 spiro atoms. The number of ether oxygens (including phenoxy) is 2. The molecule has 2 N–H and O–H groups in total. The van der Waals surface area contributed by atoms with Crippen molar-refractivity contribution in [2.45, 2.75) is 18.9 Å². The topological polar surface area (TPSA) is 95.9 Å². The molecule has 0 aromatic carbocycles. The van der Waals surface area contributed by atoms with E-state index in [2.05, 4.69) is 10.8 Å². The van der Waals surface area contributed by atoms with E-state index >= 15 is 0 Å². The number of rotatable bonds is 6. The molecule has 8 heteroatoms. The SMILES string of the molecule is CCOC(=O)C(C#N)NOC1(N(C)C)CNCCO1. The minimum absolute atomic E-state index is 0.204. The highest BCUT2D eigenvalue weighted by molar-refractivity contribution is 5.78. The van der Waals surface area contributed by atoms with Crippen LogP contribution in [0.25, 0.3) is 0 Å². The molecule has 0 aromatic heterocycles. The highest BCUT2D eigenvalue weighted by Crippen LogP contribution is 2.16. The van der Waals surface area contributed by atoms with Gasteiger partial charge in [-0.15, -0.1) is 0 Å². The molecule has 0 bridgehead atoms. The molecule has 0 saturated carbocycles. The first-order chi connectivity index (χ1) is 9.05. The maximum absolute atomic E-state index is 11.5. The molecule has 1 aliphatic rings. The largest absolute Gasteiger partial charge is 0.464 e. The van der Waals surface area contributed by atoms with Crippen LogP contribution in [-0.4, -0.2) is 63.2 Å². The summed E-state index contributed by atoms with van der Waals surface area (Å²) in [7, 11) is 3.56. The second-order valence-electron chi connectivity index (χ2n) is 4.17. The first-order valence-electron chi connectivity index (χ1n) is 6.07. The van der Waals surface area contributed by atoms with Crippen LogP contribution in [0, 0.1) is 11.3 Å². The van der Waals surface area contributed by atoms with Crippen LogP contribution in [0.5, 0.6) is 0 Å². The van der Waals surface area contributed by atoms with Gasteiger partial charge in [-0.25, -0.2) is 9.63 Å². The predicted octanol–water partition coefficient (Wildman–Crippen LogP) is -1.20. The molecule has 0 radical (unpaired) electrons. The number of nitrogens with zero attached hydrogens (tertiary/aromatic N) is 2. The number of carbonyl (C=O) groups excluding carboxylic acids is 1. The van der Waals surface area contributed by atoms with E-state index in [1.165, 1.54) is 0 Å². The number of carbonyl (C=O) groups is 1. The van der Waals surface area contributed by atoms with Crippen molar-refractivity contribution in [3.8, 4) is 6.07 Å². The zero-order valence-electron chi connectivity index (χ0n) is 11.4. The van der Waals surface area contributed by atoms with Crippen LogP contribution >= 0.6 is 0 Å². The molecule has 0 aliphatic carbocycles. The molecule has 1 heterocycles. The highest BCUT2D eigenvalue weighted by Gasteiger charge is 2.39. The normalized spacial score (nSPS) is 24.8. The number of nitrogens with one attached hydrogen (secondary N) is 2. The van der Waals surface area contributed by atoms with Gasteiger partial charge in [0.05, 0.1) is 25.8 Å². The molecule has 1 fully saturated rings. The summed E-state index contributed by atoms with van der Waals surface area (Å²) >= 11 is 0. The third-order valence-corrected chi connectivity index (χ3v) is 2.62. The van der Waals surface area contributed by atoms with Crippen LogP contribution in [0.1, 0.15) is 6.92 Å². The van der Waals surface area contributed by atoms with Gasteiger partial charge in [0.25, 0.3) is 5.91 Å². The van der Waals surface area contributed by atoms with Crippen LogP contribution in [0.4, 0.5) is 0 Å². The summed E-state index contributed by atoms with van der Waals surface area (Å²) in [5.41, 5.74) is 2.40. The Bertz CT molecular complexity index is 336. The Hall–Kier alpha value is -1.24. The van der Waals surface area contributed by atoms with Gasteiger partial charge in [-0.3, -0.25) is 4.90 Å². The number of hydrogen-bond acceptors (Lipinski definition) is 8. The average Bonchev–Trinajstić information content (AvgIpc) is 2.40. The zero-order valence-corrected chi connectivity index (χ0v) is 11.4. The van der Waals surface area contributed by atoms with Crippen molar-refractivity contribution >= 4 is 5.97 Å². The lowest BCUT2D eigenvalue weighted by Gasteiger charge is -2.41. The first kappa shape index (κ1) is 15.8. The van der Waals surface area contributed by atoms with Gasteiger partial charge in [0.2, 0.25) is 6.04 Å². The molecular weight excluding hydrogens is 252 g/mol. The summed E-state index contributed by atoms with van der Waals surface area (Å²) in [6.45, 7) is 3.47. The third kappa shape index (κ3) is 4.12. The molecule has 2 unspecified atom stereocenters. The van der Waals surface area contributed by atoms with E-state index in [1.807, 2.05) is 0 Å². The first-order valence-corrected chi connectivity index (χ1v) is 6.07. The van der Waals surface area contributed by atoms with Crippen molar-refractivity contribution in [2.75, 3.05) is 40.4 Å². The number of hydrogen-bond donors (Lipinski definition) is 2. The van der Waals surface area contributed by atoms with Crippen molar-refractivity contribution in [3.05, 3.63) is 0 Å². The van der Waals surface area contributed by atoms with E-state index in [4.69, 9.17) is 19.6 Å². The monoisotopic (exact) mass is 272 g/mol. The van der Waals surface area contributed by atoms with E-state index in [0.29, 0.717) is 13.2 Å². The van der Waals surface area contributed by atoms with Gasteiger partial charge >= 0.3 is 5.97 Å². The lowest BCUT2D eigenvalue weighted by atomic mass is 10.3. The average molecular weight is 272 g/mol. The van der Waals surface area contributed by atoms with E-state index < -0.39 is 17.9 Å². The number of nitriles is 1. The van der Waals surface area contributed by atoms with E-state index in [1.54, 1.807) is 32.0 Å². The molecule has 1 saturated heterocycles. The van der Waals surface area contributed by atoms with Crippen LogP contribution in [0.15, 0.2) is 0 Å². The van der Waals surface area contributed by atoms with Crippen LogP contribution < -0.4 is 10.8 Å². The summed E-state index contributed by atoms with van der Waals surface area (Å²) < 4.78 is 10.3. The summed E-state index contributed by atoms with van der Waals surface area (Å²) in [4.78, 5) is 18.6. The number of hydroxylamine groups is 1. The van der Waals surface area contributed by atoms with Gasteiger partial charge in [-0.1, -0.05) is 0 Å². The number of morpholine rings is 1. The van der Waals surface area contributed by atoms with Gasteiger partial charge < -0.3 is 14.8 Å². The summed E-state index contributed by atoms with van der Waals surface area (Å²) in [5, 5.41) is 12.0. The highest BCUT2D eigenvalue weighted by atomic mass is 16.8. The Morgan fingerprint density at radius 3 is 2.89 bits per heavy atom. The van der Waals surface area contributed by atoms with Gasteiger partial charge in [-0.2, -0.15) is 10.7 Å². The van der Waals surface area contributed by atoms with Crippen LogP contribution in [-0.2, 0) is 19.1 Å². The lowest BCUT2D eigenvalue weighted by molar-refractivity contribution is -0.338. The maximum Gasteiger partial charge on any atom is 0.340 e. The molecule has 19 heavy (non-hydrogen) atoms. The van der Waals surface area contributed by atoms with Gasteiger partial charge in [0.15, 0.2) is 0 Å². The molecule has 2 atom stereocenters. The van der Waals surface area contributed by atoms with Crippen molar-refractivity contribution in [1.82, 2.24) is 15.7 Å². The fraction of sp³-hybridized carbons (Fsp3) is 0.818. The second-order valence-corrected chi connectivity index (χ2v) is 4.17. The Labute approximate surface area is 112 Å². The van der Waals surface area contributed by atoms with Crippen LogP contribution in [0.3, 0.4) is 0 Å². The van der Waals surface area contributed by atoms with Gasteiger partial charge in [0.1, 0.15) is 0 Å². The molecule has 8 nitrogen and oxygen atoms in total. The Morgan fingerprint density at radius 2 is 2.42 bits per heavy atom. The Kier molecular flexibility index (Phi) is 6.14. The van der Waals surface area contributed by atoms with Crippen molar-refractivity contribution in [2.24, 2.45) is 0 Å². The van der Waals surface area contributed by atoms with Crippen molar-refractivity contribution < 1.29 is 19.1 Å². The minimum atomic E-state index is -1.19. The lowest BCUT2D eigenvalue weighted by Crippen LogP contribution is -2.62. The Morgan fingerprint density at radius 1 is 1.68 bits per heavy atom. The zero-order chi connectivity index (χ0) is 14.3. The van der Waals surface area contributed by atoms with Crippen molar-refractivity contribution in [3.63, 3.8) is 0 Å². The fourth-order valence-electron chi connectivity index (χ4n) is 1.53. The van der Waals surface area contributed by atoms with Crippen molar-refractivity contribution in [1.29, 1.82) is 5.26 Å². The van der Waals surface area contributed by atoms with E-state index in [9.17, 15) is 4.79 Å². The summed E-state index contributed by atoms with van der Waals surface area (Å²) in [5.74, 6) is -1.73. The fourth-order valence-corrected chi connectivity index (χ4v) is 1.53. The second kappa shape index (κ2) is 7.37. The maximum atomic E-state index is 11.5. The molecular formula is C11H20N4O4. The van der Waals surface area contributed by atoms with E-state index in [0.717, 1.165) is 6.54 Å². The van der Waals surface area contributed by atoms with Gasteiger partial charge in [-0.05, 0) is 21.0 Å². The summed E-state index contributed by atoms with van der Waals surface area (Å²) in [6, 6.07) is 0.585. The quantitative estimate of drug-likeness (QED) is 0.353. The molecule has 108 valence electrons. The smallest absolute Gasteiger partial charge is 0.340 e. The van der Waals surface area contributed by atoms with Crippen LogP contribution in [0.2, 0.25) is 0 Å². The summed E-state index contributed by atoms with van der Waals surface area (Å²) in [6.07, 6.45) is 0. The number of esters is 1.